The minimum Gasteiger partial charge on any atom is -0.494 e. The number of ether oxygens (including phenoxy) is 4. The third kappa shape index (κ3) is 7.56. The minimum absolute atomic E-state index is 0.0510. The summed E-state index contributed by atoms with van der Waals surface area (Å²) in [5.41, 5.74) is 6.33. The maximum Gasteiger partial charge on any atom is 0.266 e. The minimum atomic E-state index is -1.45. The predicted octanol–water partition coefficient (Wildman–Crippen LogP) is 4.49. The van der Waals surface area contributed by atoms with Crippen molar-refractivity contribution >= 4 is 35.0 Å². The van der Waals surface area contributed by atoms with Gasteiger partial charge in [0.1, 0.15) is 5.75 Å². The molecule has 0 saturated carbocycles. The van der Waals surface area contributed by atoms with Gasteiger partial charge in [0, 0.05) is 54.8 Å². The zero-order valence-corrected chi connectivity index (χ0v) is 24.3. The predicted molar refractivity (Wildman–Crippen MR) is 157 cm³/mol. The summed E-state index contributed by atoms with van der Waals surface area (Å²) in [7, 11) is 3.02. The van der Waals surface area contributed by atoms with Crippen LogP contribution in [0.25, 0.3) is 0 Å². The first-order valence-electron chi connectivity index (χ1n) is 13.1. The second-order valence-electron chi connectivity index (χ2n) is 9.35. The Kier molecular flexibility index (Phi) is 11.0. The Bertz CT molecular complexity index is 1320. The van der Waals surface area contributed by atoms with E-state index in [1.807, 2.05) is 42.5 Å². The molecule has 3 aromatic carbocycles. The Balaban J connectivity index is 1.75. The van der Waals surface area contributed by atoms with E-state index in [-0.39, 0.29) is 25.5 Å². The quantitative estimate of drug-likeness (QED) is 0.142. The summed E-state index contributed by atoms with van der Waals surface area (Å²) < 4.78 is 22.6. The molecule has 1 heterocycles. The van der Waals surface area contributed by atoms with E-state index in [0.717, 1.165) is 5.56 Å². The number of aliphatic imine (C=N–C) groups is 1. The molecular formula is C30H33Cl2N3O6. The number of hydrogen-bond donors (Lipinski definition) is 3. The van der Waals surface area contributed by atoms with E-state index >= 15 is 0 Å². The number of halogens is 2. The highest BCUT2D eigenvalue weighted by atomic mass is 35.5. The van der Waals surface area contributed by atoms with Crippen LogP contribution in [0.2, 0.25) is 10.0 Å². The van der Waals surface area contributed by atoms with Crippen LogP contribution in [0.3, 0.4) is 0 Å². The number of aliphatic hydroxyl groups is 1. The molecule has 0 bridgehead atoms. The number of rotatable bonds is 14. The molecule has 0 aliphatic carbocycles. The van der Waals surface area contributed by atoms with Crippen molar-refractivity contribution in [3.05, 3.63) is 99.5 Å². The number of hydrogen-bond acceptors (Lipinski definition) is 8. The number of carbonyl (C=O) groups excluding carboxylic acids is 1. The van der Waals surface area contributed by atoms with E-state index in [4.69, 9.17) is 52.2 Å². The number of hydrazine groups is 1. The average molecular weight is 603 g/mol. The first-order chi connectivity index (χ1) is 19.9. The molecule has 41 heavy (non-hydrogen) atoms. The van der Waals surface area contributed by atoms with Crippen LogP contribution in [0.15, 0.2) is 77.8 Å². The Hall–Kier alpha value is -3.18. The van der Waals surface area contributed by atoms with Crippen molar-refractivity contribution in [2.24, 2.45) is 4.99 Å². The van der Waals surface area contributed by atoms with Crippen molar-refractivity contribution in [1.29, 1.82) is 0 Å². The van der Waals surface area contributed by atoms with Crippen LogP contribution in [0, 0.1) is 0 Å². The molecule has 0 fully saturated rings. The third-order valence-corrected chi connectivity index (χ3v) is 7.15. The highest BCUT2D eigenvalue weighted by Gasteiger charge is 2.54. The molecule has 11 heteroatoms. The number of methoxy groups -OCH3 is 2. The highest BCUT2D eigenvalue weighted by molar-refractivity contribution is 6.35. The van der Waals surface area contributed by atoms with Gasteiger partial charge in [-0.3, -0.25) is 10.2 Å². The topological polar surface area (TPSA) is 111 Å². The van der Waals surface area contributed by atoms with Gasteiger partial charge in [0.15, 0.2) is 17.9 Å². The molecule has 3 aromatic rings. The number of benzene rings is 3. The van der Waals surface area contributed by atoms with E-state index in [1.165, 1.54) is 14.2 Å². The summed E-state index contributed by atoms with van der Waals surface area (Å²) in [6, 6.07) is 21.8. The van der Waals surface area contributed by atoms with Crippen LogP contribution in [-0.4, -0.2) is 62.7 Å². The van der Waals surface area contributed by atoms with Gasteiger partial charge in [-0.25, -0.2) is 10.4 Å². The fraction of sp³-hybridized carbons (Fsp3) is 0.333. The Morgan fingerprint density at radius 2 is 1.80 bits per heavy atom. The van der Waals surface area contributed by atoms with Crippen molar-refractivity contribution in [2.45, 2.75) is 30.8 Å². The highest BCUT2D eigenvalue weighted by Crippen LogP contribution is 2.45. The molecule has 1 amide bonds. The van der Waals surface area contributed by atoms with Gasteiger partial charge in [0.2, 0.25) is 5.90 Å². The average Bonchev–Trinajstić information content (AvgIpc) is 3.36. The number of nitrogens with one attached hydrogen (secondary N) is 2. The van der Waals surface area contributed by atoms with E-state index in [1.54, 1.807) is 30.3 Å². The van der Waals surface area contributed by atoms with Gasteiger partial charge in [-0.05, 0) is 42.0 Å². The fourth-order valence-electron chi connectivity index (χ4n) is 4.47. The Morgan fingerprint density at radius 1 is 1.07 bits per heavy atom. The Labute approximate surface area is 249 Å². The summed E-state index contributed by atoms with van der Waals surface area (Å²) in [6.07, 6.45) is -0.708. The van der Waals surface area contributed by atoms with Crippen LogP contribution in [0.1, 0.15) is 29.2 Å². The van der Waals surface area contributed by atoms with Crippen LogP contribution in [-0.2, 0) is 25.4 Å². The van der Waals surface area contributed by atoms with Gasteiger partial charge in [0.25, 0.3) is 5.91 Å². The molecule has 2 atom stereocenters. The largest absolute Gasteiger partial charge is 0.494 e. The normalized spacial score (nSPS) is 18.2. The first-order valence-corrected chi connectivity index (χ1v) is 13.8. The van der Waals surface area contributed by atoms with E-state index in [0.29, 0.717) is 39.9 Å². The molecule has 0 radical (unpaired) electrons. The van der Waals surface area contributed by atoms with Crippen molar-refractivity contribution in [2.75, 3.05) is 34.0 Å². The zero-order valence-electron chi connectivity index (χ0n) is 22.8. The van der Waals surface area contributed by atoms with Crippen LogP contribution < -0.4 is 15.6 Å². The lowest BCUT2D eigenvalue weighted by molar-refractivity contribution is -0.131. The maximum atomic E-state index is 14.1. The van der Waals surface area contributed by atoms with Crippen molar-refractivity contribution in [3.8, 4) is 5.75 Å². The van der Waals surface area contributed by atoms with E-state index in [2.05, 4.69) is 10.9 Å². The standard InChI is InChI=1S/C30H33Cl2N3O6/c1-38-26(39-2)19-33-35-29(37)30(18-20-7-4-3-5-8-20)27(24-14-11-22(31)17-25(24)32)41-28(34-30)21-9-12-23(13-10-21)40-16-6-15-36/h3-5,7-14,17,26-27,33,36H,6,15-16,18-19H2,1-2H3,(H,35,37)/t27-,30-/m0/s1. The van der Waals surface area contributed by atoms with E-state index in [9.17, 15) is 4.79 Å². The molecule has 0 saturated heterocycles. The summed E-state index contributed by atoms with van der Waals surface area (Å²) in [4.78, 5) is 19.1. The van der Waals surface area contributed by atoms with Gasteiger partial charge in [-0.2, -0.15) is 0 Å². The number of aliphatic hydroxyl groups excluding tert-OH is 1. The second kappa shape index (κ2) is 14.6. The second-order valence-corrected chi connectivity index (χ2v) is 10.2. The van der Waals surface area contributed by atoms with Gasteiger partial charge in [0.05, 0.1) is 13.2 Å². The van der Waals surface area contributed by atoms with Crippen molar-refractivity contribution in [3.63, 3.8) is 0 Å². The van der Waals surface area contributed by atoms with Crippen LogP contribution >= 0.6 is 23.2 Å². The summed E-state index contributed by atoms with van der Waals surface area (Å²) in [6.45, 7) is 0.641. The van der Waals surface area contributed by atoms with Crippen molar-refractivity contribution in [1.82, 2.24) is 10.9 Å². The molecule has 1 aliphatic rings. The zero-order chi connectivity index (χ0) is 29.2. The molecule has 4 rings (SSSR count). The molecule has 0 spiro atoms. The molecule has 1 aliphatic heterocycles. The molecule has 3 N–H and O–H groups in total. The van der Waals surface area contributed by atoms with Crippen LogP contribution in [0.4, 0.5) is 0 Å². The lowest BCUT2D eigenvalue weighted by atomic mass is 9.82. The van der Waals surface area contributed by atoms with Crippen molar-refractivity contribution < 1.29 is 28.8 Å². The molecular weight excluding hydrogens is 569 g/mol. The number of nitrogens with zero attached hydrogens (tertiary/aromatic N) is 1. The van der Waals surface area contributed by atoms with Gasteiger partial charge in [-0.15, -0.1) is 0 Å². The summed E-state index contributed by atoms with van der Waals surface area (Å²) in [5, 5.41) is 9.82. The molecule has 9 nitrogen and oxygen atoms in total. The maximum absolute atomic E-state index is 14.1. The van der Waals surface area contributed by atoms with Gasteiger partial charge < -0.3 is 24.1 Å². The smallest absolute Gasteiger partial charge is 0.266 e. The van der Waals surface area contributed by atoms with E-state index < -0.39 is 23.8 Å². The molecule has 218 valence electrons. The first kappa shape index (κ1) is 30.8. The molecule has 0 unspecified atom stereocenters. The fourth-order valence-corrected chi connectivity index (χ4v) is 4.97. The van der Waals surface area contributed by atoms with Gasteiger partial charge in [-0.1, -0.05) is 59.6 Å². The Morgan fingerprint density at radius 3 is 2.46 bits per heavy atom. The number of amides is 1. The SMILES string of the molecule is COC(CNNC(=O)[C@@]1(Cc2ccccc2)N=C(c2ccc(OCCCO)cc2)O[C@H]1c1ccc(Cl)cc1Cl)OC. The lowest BCUT2D eigenvalue weighted by Gasteiger charge is -2.31. The lowest BCUT2D eigenvalue weighted by Crippen LogP contribution is -2.55. The van der Waals surface area contributed by atoms with Gasteiger partial charge >= 0.3 is 0 Å². The molecule has 0 aromatic heterocycles. The summed E-state index contributed by atoms with van der Waals surface area (Å²) >= 11 is 12.9. The van der Waals surface area contributed by atoms with Crippen LogP contribution in [0.5, 0.6) is 5.75 Å². The summed E-state index contributed by atoms with van der Waals surface area (Å²) in [5.74, 6) is 0.490. The third-order valence-electron chi connectivity index (χ3n) is 6.59. The number of carbonyl (C=O) groups is 1. The monoisotopic (exact) mass is 601 g/mol.